The maximum Gasteiger partial charge on any atom is 0.101 e. The molecule has 1 saturated carbocycles. The monoisotopic (exact) mass is 164 g/mol. The fourth-order valence-electron chi connectivity index (χ4n) is 2.80. The maximum atomic E-state index is 5.95. The van der Waals surface area contributed by atoms with Crippen molar-refractivity contribution < 1.29 is 4.74 Å². The molecule has 2 fully saturated rings. The Balaban J connectivity index is 1.80. The van der Waals surface area contributed by atoms with E-state index >= 15 is 0 Å². The Labute approximate surface area is 73.8 Å². The first kappa shape index (κ1) is 6.99. The highest BCUT2D eigenvalue weighted by Gasteiger charge is 2.41. The molecule has 2 aliphatic carbocycles. The number of rotatable bonds is 0. The van der Waals surface area contributed by atoms with E-state index in [9.17, 15) is 0 Å². The first-order valence-corrected chi connectivity index (χ1v) is 5.30. The van der Waals surface area contributed by atoms with Gasteiger partial charge in [-0.2, -0.15) is 0 Å². The van der Waals surface area contributed by atoms with E-state index < -0.39 is 0 Å². The average molecular weight is 164 g/mol. The first-order chi connectivity index (χ1) is 5.93. The summed E-state index contributed by atoms with van der Waals surface area (Å²) in [7, 11) is 0. The molecule has 0 N–H and O–H groups in total. The molecule has 1 saturated heterocycles. The third-order valence-electron chi connectivity index (χ3n) is 3.73. The van der Waals surface area contributed by atoms with Crippen LogP contribution in [0.15, 0.2) is 11.8 Å². The Kier molecular flexibility index (Phi) is 1.46. The van der Waals surface area contributed by atoms with Crippen LogP contribution in [0.2, 0.25) is 0 Å². The highest BCUT2D eigenvalue weighted by Crippen LogP contribution is 2.46. The van der Waals surface area contributed by atoms with Crippen molar-refractivity contribution in [2.24, 2.45) is 11.8 Å². The summed E-state index contributed by atoms with van der Waals surface area (Å²) in [5.74, 6) is 3.08. The minimum absolute atomic E-state index is 0.616. The zero-order chi connectivity index (χ0) is 7.97. The molecule has 66 valence electrons. The number of fused-ring (bicyclic) bond motifs is 2. The van der Waals surface area contributed by atoms with Crippen LogP contribution in [-0.2, 0) is 4.74 Å². The molecule has 1 heteroatoms. The lowest BCUT2D eigenvalue weighted by atomic mass is 9.71. The van der Waals surface area contributed by atoms with Gasteiger partial charge in [-0.05, 0) is 50.5 Å². The van der Waals surface area contributed by atoms with Gasteiger partial charge in [0.2, 0.25) is 0 Å². The summed E-state index contributed by atoms with van der Waals surface area (Å²) in [6, 6.07) is 0. The second-order valence-corrected chi connectivity index (χ2v) is 4.46. The Hall–Kier alpha value is -0.460. The summed E-state index contributed by atoms with van der Waals surface area (Å²) in [5, 5.41) is 0. The van der Waals surface area contributed by atoms with Crippen LogP contribution in [0, 0.1) is 11.8 Å². The molecule has 0 bridgehead atoms. The smallest absolute Gasteiger partial charge is 0.101 e. The van der Waals surface area contributed by atoms with Gasteiger partial charge in [0.05, 0.1) is 5.76 Å². The Morgan fingerprint density at radius 2 is 2.25 bits per heavy atom. The predicted octanol–water partition coefficient (Wildman–Crippen LogP) is 2.87. The number of hydrogen-bond donors (Lipinski definition) is 0. The molecule has 0 spiro atoms. The molecule has 0 aromatic carbocycles. The largest absolute Gasteiger partial charge is 0.495 e. The van der Waals surface area contributed by atoms with Crippen molar-refractivity contribution in [2.45, 2.75) is 44.6 Å². The van der Waals surface area contributed by atoms with Gasteiger partial charge >= 0.3 is 0 Å². The third-order valence-corrected chi connectivity index (χ3v) is 3.73. The molecule has 0 radical (unpaired) electrons. The third kappa shape index (κ3) is 0.917. The Morgan fingerprint density at radius 3 is 3.08 bits per heavy atom. The molecule has 1 aliphatic heterocycles. The van der Waals surface area contributed by atoms with Crippen LogP contribution in [0.5, 0.6) is 0 Å². The van der Waals surface area contributed by atoms with E-state index in [4.69, 9.17) is 4.74 Å². The molecule has 12 heavy (non-hydrogen) atoms. The zero-order valence-electron chi connectivity index (χ0n) is 7.46. The second kappa shape index (κ2) is 2.51. The minimum atomic E-state index is 0.616. The molecule has 1 heterocycles. The fraction of sp³-hybridized carbons (Fsp3) is 0.818. The lowest BCUT2D eigenvalue weighted by Gasteiger charge is -2.46. The van der Waals surface area contributed by atoms with E-state index in [-0.39, 0.29) is 0 Å². The standard InChI is InChI=1S/C11H16O/c1-2-4-10-8(3-1)7-9-5-6-11(9)12-10/h4,8-9,11H,1-3,5-7H2. The summed E-state index contributed by atoms with van der Waals surface area (Å²) in [4.78, 5) is 0. The number of allylic oxidation sites excluding steroid dienone is 2. The van der Waals surface area contributed by atoms with Crippen LogP contribution in [0.3, 0.4) is 0 Å². The number of hydrogen-bond acceptors (Lipinski definition) is 1. The van der Waals surface area contributed by atoms with Gasteiger partial charge in [0.1, 0.15) is 6.10 Å². The van der Waals surface area contributed by atoms with Crippen molar-refractivity contribution >= 4 is 0 Å². The normalized spacial score (nSPS) is 44.7. The van der Waals surface area contributed by atoms with Crippen LogP contribution >= 0.6 is 0 Å². The van der Waals surface area contributed by atoms with Crippen LogP contribution in [0.1, 0.15) is 38.5 Å². The molecule has 3 unspecified atom stereocenters. The quantitative estimate of drug-likeness (QED) is 0.535. The van der Waals surface area contributed by atoms with Crippen molar-refractivity contribution in [1.82, 2.24) is 0 Å². The van der Waals surface area contributed by atoms with Crippen molar-refractivity contribution in [3.63, 3.8) is 0 Å². The summed E-state index contributed by atoms with van der Waals surface area (Å²) < 4.78 is 5.95. The van der Waals surface area contributed by atoms with E-state index in [2.05, 4.69) is 6.08 Å². The van der Waals surface area contributed by atoms with Crippen molar-refractivity contribution in [1.29, 1.82) is 0 Å². The second-order valence-electron chi connectivity index (χ2n) is 4.46. The van der Waals surface area contributed by atoms with Gasteiger partial charge < -0.3 is 4.74 Å². The van der Waals surface area contributed by atoms with Gasteiger partial charge in [0.15, 0.2) is 0 Å². The van der Waals surface area contributed by atoms with Crippen LogP contribution < -0.4 is 0 Å². The van der Waals surface area contributed by atoms with E-state index in [0.29, 0.717) is 6.10 Å². The molecule has 0 aromatic heterocycles. The zero-order valence-corrected chi connectivity index (χ0v) is 7.46. The van der Waals surface area contributed by atoms with E-state index in [1.807, 2.05) is 0 Å². The topological polar surface area (TPSA) is 9.23 Å². The van der Waals surface area contributed by atoms with Crippen molar-refractivity contribution in [3.8, 4) is 0 Å². The lowest BCUT2D eigenvalue weighted by Crippen LogP contribution is -2.41. The van der Waals surface area contributed by atoms with Crippen LogP contribution in [-0.4, -0.2) is 6.10 Å². The van der Waals surface area contributed by atoms with Gasteiger partial charge in [-0.1, -0.05) is 0 Å². The van der Waals surface area contributed by atoms with Gasteiger partial charge in [-0.25, -0.2) is 0 Å². The molecular formula is C11H16O. The molecular weight excluding hydrogens is 148 g/mol. The van der Waals surface area contributed by atoms with Crippen LogP contribution in [0.4, 0.5) is 0 Å². The Morgan fingerprint density at radius 1 is 1.25 bits per heavy atom. The molecule has 0 aromatic rings. The lowest BCUT2D eigenvalue weighted by molar-refractivity contribution is -0.0672. The van der Waals surface area contributed by atoms with Gasteiger partial charge in [0, 0.05) is 5.92 Å². The van der Waals surface area contributed by atoms with E-state index in [1.54, 1.807) is 0 Å². The highest BCUT2D eigenvalue weighted by molar-refractivity contribution is 5.09. The summed E-state index contributed by atoms with van der Waals surface area (Å²) in [6.45, 7) is 0. The fourth-order valence-corrected chi connectivity index (χ4v) is 2.80. The van der Waals surface area contributed by atoms with Gasteiger partial charge in [0.25, 0.3) is 0 Å². The predicted molar refractivity (Wildman–Crippen MR) is 47.6 cm³/mol. The SMILES string of the molecule is C1=C2OC3CCC3CC2CCC1. The molecule has 1 nitrogen and oxygen atoms in total. The summed E-state index contributed by atoms with van der Waals surface area (Å²) in [5.41, 5.74) is 0. The average Bonchev–Trinajstić information content (AvgIpc) is 2.09. The van der Waals surface area contributed by atoms with Crippen molar-refractivity contribution in [3.05, 3.63) is 11.8 Å². The highest BCUT2D eigenvalue weighted by atomic mass is 16.5. The van der Waals surface area contributed by atoms with Gasteiger partial charge in [-0.3, -0.25) is 0 Å². The van der Waals surface area contributed by atoms with Gasteiger partial charge in [-0.15, -0.1) is 0 Å². The van der Waals surface area contributed by atoms with E-state index in [1.165, 1.54) is 44.3 Å². The Bertz CT molecular complexity index is 219. The molecule has 3 rings (SSSR count). The van der Waals surface area contributed by atoms with Crippen molar-refractivity contribution in [2.75, 3.05) is 0 Å². The first-order valence-electron chi connectivity index (χ1n) is 5.30. The molecule has 0 amide bonds. The number of ether oxygens (including phenoxy) is 1. The summed E-state index contributed by atoms with van der Waals surface area (Å²) in [6.07, 6.45) is 11.1. The molecule has 3 atom stereocenters. The van der Waals surface area contributed by atoms with Crippen LogP contribution in [0.25, 0.3) is 0 Å². The summed E-state index contributed by atoms with van der Waals surface area (Å²) >= 11 is 0. The maximum absolute atomic E-state index is 5.95. The molecule has 3 aliphatic rings. The van der Waals surface area contributed by atoms with E-state index in [0.717, 1.165) is 11.8 Å². The minimum Gasteiger partial charge on any atom is -0.495 e.